The lowest BCUT2D eigenvalue weighted by molar-refractivity contribution is 0.117. The van der Waals surface area contributed by atoms with E-state index >= 15 is 0 Å². The molecule has 0 unspecified atom stereocenters. The Balaban J connectivity index is 1.37. The average molecular weight is 286 g/mol. The molecule has 0 spiro atoms. The number of rotatable bonds is 10. The molecule has 1 aliphatic heterocycles. The van der Waals surface area contributed by atoms with Crippen LogP contribution in [-0.2, 0) is 11.3 Å². The third-order valence-corrected chi connectivity index (χ3v) is 3.48. The molecule has 1 aliphatic rings. The topological polar surface area (TPSA) is 24.5 Å². The summed E-state index contributed by atoms with van der Waals surface area (Å²) in [5, 5.41) is 3.15. The van der Waals surface area contributed by atoms with Gasteiger partial charge in [0.15, 0.2) is 0 Å². The van der Waals surface area contributed by atoms with Crippen molar-refractivity contribution in [1.82, 2.24) is 10.2 Å². The smallest absolute Gasteiger partial charge is 0.0910 e. The molecule has 0 radical (unpaired) electrons. The van der Waals surface area contributed by atoms with Crippen molar-refractivity contribution in [3.05, 3.63) is 60.6 Å². The maximum atomic E-state index is 5.68. The third kappa shape index (κ3) is 7.00. The Morgan fingerprint density at radius 1 is 1.10 bits per heavy atom. The number of hydrogen-bond donors (Lipinski definition) is 1. The number of ether oxygens (including phenoxy) is 1. The summed E-state index contributed by atoms with van der Waals surface area (Å²) < 4.78 is 5.68. The molecule has 0 aromatic heterocycles. The van der Waals surface area contributed by atoms with Gasteiger partial charge in [-0.15, -0.1) is 0 Å². The van der Waals surface area contributed by atoms with E-state index in [4.69, 9.17) is 4.74 Å². The summed E-state index contributed by atoms with van der Waals surface area (Å²) in [5.74, 6) is 0. The van der Waals surface area contributed by atoms with Crippen LogP contribution in [0.2, 0.25) is 0 Å². The minimum Gasteiger partial charge on any atom is -0.377 e. The molecular formula is C18H26N2O. The molecule has 0 fully saturated rings. The van der Waals surface area contributed by atoms with Crippen molar-refractivity contribution >= 4 is 0 Å². The van der Waals surface area contributed by atoms with E-state index in [-0.39, 0.29) is 0 Å². The molecule has 0 saturated carbocycles. The SMILES string of the molecule is C(=CN1C=CNC1)CCCCCCOCc1ccccc1. The van der Waals surface area contributed by atoms with Gasteiger partial charge in [0.1, 0.15) is 0 Å². The molecule has 2 rings (SSSR count). The van der Waals surface area contributed by atoms with Crippen molar-refractivity contribution in [3.63, 3.8) is 0 Å². The Bertz CT molecular complexity index is 428. The third-order valence-electron chi connectivity index (χ3n) is 3.48. The highest BCUT2D eigenvalue weighted by atomic mass is 16.5. The average Bonchev–Trinajstić information content (AvgIpc) is 3.03. The highest BCUT2D eigenvalue weighted by Gasteiger charge is 1.96. The van der Waals surface area contributed by atoms with Crippen LogP contribution in [0.25, 0.3) is 0 Å². The van der Waals surface area contributed by atoms with Gasteiger partial charge in [0.2, 0.25) is 0 Å². The first kappa shape index (κ1) is 15.6. The van der Waals surface area contributed by atoms with E-state index in [1.807, 2.05) is 12.3 Å². The normalized spacial score (nSPS) is 14.0. The van der Waals surface area contributed by atoms with Gasteiger partial charge in [0.05, 0.1) is 13.3 Å². The summed E-state index contributed by atoms with van der Waals surface area (Å²) in [4.78, 5) is 2.15. The molecule has 1 aromatic rings. The van der Waals surface area contributed by atoms with E-state index in [9.17, 15) is 0 Å². The zero-order valence-corrected chi connectivity index (χ0v) is 12.7. The van der Waals surface area contributed by atoms with Gasteiger partial charge >= 0.3 is 0 Å². The van der Waals surface area contributed by atoms with Gasteiger partial charge in [0, 0.05) is 25.2 Å². The highest BCUT2D eigenvalue weighted by Crippen LogP contribution is 2.06. The van der Waals surface area contributed by atoms with Crippen LogP contribution in [0.15, 0.2) is 55.0 Å². The van der Waals surface area contributed by atoms with Crippen molar-refractivity contribution in [1.29, 1.82) is 0 Å². The molecule has 1 aromatic carbocycles. The van der Waals surface area contributed by atoms with Gasteiger partial charge in [-0.05, 0) is 24.8 Å². The molecule has 0 aliphatic carbocycles. The molecule has 21 heavy (non-hydrogen) atoms. The van der Waals surface area contributed by atoms with E-state index in [1.165, 1.54) is 24.8 Å². The minimum absolute atomic E-state index is 0.737. The van der Waals surface area contributed by atoms with Crippen LogP contribution in [0.4, 0.5) is 0 Å². The predicted molar refractivity (Wildman–Crippen MR) is 87.3 cm³/mol. The van der Waals surface area contributed by atoms with E-state index in [0.29, 0.717) is 0 Å². The molecule has 1 heterocycles. The highest BCUT2D eigenvalue weighted by molar-refractivity contribution is 5.13. The fourth-order valence-corrected chi connectivity index (χ4v) is 2.26. The summed E-state index contributed by atoms with van der Waals surface area (Å²) in [6, 6.07) is 10.4. The summed E-state index contributed by atoms with van der Waals surface area (Å²) in [6.45, 7) is 2.51. The zero-order valence-electron chi connectivity index (χ0n) is 12.7. The summed E-state index contributed by atoms with van der Waals surface area (Å²) in [7, 11) is 0. The summed E-state index contributed by atoms with van der Waals surface area (Å²) in [5.41, 5.74) is 1.26. The number of benzene rings is 1. The van der Waals surface area contributed by atoms with Crippen LogP contribution in [0.1, 0.15) is 37.7 Å². The molecule has 0 saturated heterocycles. The van der Waals surface area contributed by atoms with Crippen LogP contribution in [0, 0.1) is 0 Å². The van der Waals surface area contributed by atoms with Crippen LogP contribution in [0.5, 0.6) is 0 Å². The second-order valence-corrected chi connectivity index (χ2v) is 5.32. The van der Waals surface area contributed by atoms with Gasteiger partial charge in [-0.25, -0.2) is 0 Å². The Labute approximate surface area is 128 Å². The van der Waals surface area contributed by atoms with Crippen molar-refractivity contribution < 1.29 is 4.74 Å². The monoisotopic (exact) mass is 286 g/mol. The van der Waals surface area contributed by atoms with E-state index < -0.39 is 0 Å². The molecule has 114 valence electrons. The fraction of sp³-hybridized carbons (Fsp3) is 0.444. The lowest BCUT2D eigenvalue weighted by Gasteiger charge is -2.07. The standard InChI is InChI=1S/C18H26N2O/c1(3-8-13-20-14-12-19-17-20)2-4-9-15-21-16-18-10-6-5-7-11-18/h5-8,10-14,19H,1-4,9,15-17H2. The van der Waals surface area contributed by atoms with Crippen molar-refractivity contribution in [3.8, 4) is 0 Å². The first-order chi connectivity index (χ1) is 10.4. The largest absolute Gasteiger partial charge is 0.377 e. The molecule has 3 heteroatoms. The van der Waals surface area contributed by atoms with Crippen LogP contribution >= 0.6 is 0 Å². The van der Waals surface area contributed by atoms with Gasteiger partial charge in [-0.3, -0.25) is 0 Å². The predicted octanol–water partition coefficient (Wildman–Crippen LogP) is 4.00. The van der Waals surface area contributed by atoms with Gasteiger partial charge in [-0.1, -0.05) is 49.2 Å². The molecule has 0 atom stereocenters. The molecule has 1 N–H and O–H groups in total. The van der Waals surface area contributed by atoms with Gasteiger partial charge in [0.25, 0.3) is 0 Å². The number of unbranched alkanes of at least 4 members (excludes halogenated alkanes) is 4. The van der Waals surface area contributed by atoms with Crippen molar-refractivity contribution in [2.24, 2.45) is 0 Å². The van der Waals surface area contributed by atoms with Crippen LogP contribution < -0.4 is 5.32 Å². The van der Waals surface area contributed by atoms with Gasteiger partial charge in [-0.2, -0.15) is 0 Å². The minimum atomic E-state index is 0.737. The quantitative estimate of drug-likeness (QED) is 0.658. The second kappa shape index (κ2) is 10.1. The lowest BCUT2D eigenvalue weighted by Crippen LogP contribution is -2.14. The van der Waals surface area contributed by atoms with Crippen molar-refractivity contribution in [2.45, 2.75) is 38.7 Å². The number of nitrogens with one attached hydrogen (secondary N) is 1. The Kier molecular flexibility index (Phi) is 7.49. The number of hydrogen-bond acceptors (Lipinski definition) is 3. The molecular weight excluding hydrogens is 260 g/mol. The van der Waals surface area contributed by atoms with Crippen molar-refractivity contribution in [2.75, 3.05) is 13.3 Å². The van der Waals surface area contributed by atoms with E-state index in [0.717, 1.165) is 32.7 Å². The van der Waals surface area contributed by atoms with Crippen LogP contribution in [-0.4, -0.2) is 18.2 Å². The maximum absolute atomic E-state index is 5.68. The lowest BCUT2D eigenvalue weighted by atomic mass is 10.1. The fourth-order valence-electron chi connectivity index (χ4n) is 2.26. The number of nitrogens with zero attached hydrogens (tertiary/aromatic N) is 1. The second-order valence-electron chi connectivity index (χ2n) is 5.32. The first-order valence-corrected chi connectivity index (χ1v) is 7.89. The zero-order chi connectivity index (χ0) is 14.6. The Morgan fingerprint density at radius 3 is 2.76 bits per heavy atom. The first-order valence-electron chi connectivity index (χ1n) is 7.89. The molecule has 3 nitrogen and oxygen atoms in total. The maximum Gasteiger partial charge on any atom is 0.0910 e. The van der Waals surface area contributed by atoms with E-state index in [1.54, 1.807) is 0 Å². The van der Waals surface area contributed by atoms with E-state index in [2.05, 4.69) is 53.0 Å². The summed E-state index contributed by atoms with van der Waals surface area (Å²) >= 11 is 0. The van der Waals surface area contributed by atoms with Crippen LogP contribution in [0.3, 0.4) is 0 Å². The Hall–Kier alpha value is -1.74. The van der Waals surface area contributed by atoms with Gasteiger partial charge < -0.3 is 15.0 Å². The molecule has 0 amide bonds. The summed E-state index contributed by atoms with van der Waals surface area (Å²) in [6.07, 6.45) is 14.6. The molecule has 0 bridgehead atoms. The Morgan fingerprint density at radius 2 is 1.95 bits per heavy atom. The number of allylic oxidation sites excluding steroid dienone is 1.